The molecule has 1 aromatic carbocycles. The first-order chi connectivity index (χ1) is 17.5. The molecule has 0 saturated carbocycles. The third-order valence-electron chi connectivity index (χ3n) is 5.88. The van der Waals surface area contributed by atoms with Crippen molar-refractivity contribution < 1.29 is 23.7 Å². The number of carbonyl (C=O) groups is 1. The average Bonchev–Trinajstić information content (AvgIpc) is 2.88. The van der Waals surface area contributed by atoms with E-state index in [1.54, 1.807) is 30.6 Å². The number of thiocarbonyl (C=S) groups is 1. The van der Waals surface area contributed by atoms with Gasteiger partial charge < -0.3 is 34.9 Å². The molecule has 3 heterocycles. The van der Waals surface area contributed by atoms with E-state index in [4.69, 9.17) is 42.8 Å². The van der Waals surface area contributed by atoms with E-state index in [1.807, 2.05) is 13.0 Å². The summed E-state index contributed by atoms with van der Waals surface area (Å²) in [6.07, 6.45) is 3.61. The lowest BCUT2D eigenvalue weighted by molar-refractivity contribution is -0.122. The number of rotatable bonds is 9. The topological polar surface area (TPSA) is 103 Å². The molecule has 36 heavy (non-hydrogen) atoms. The number of hydrogen-bond acceptors (Lipinski definition) is 8. The molecule has 11 heteroatoms. The molecule has 2 aromatic rings. The van der Waals surface area contributed by atoms with Crippen molar-refractivity contribution in [2.75, 3.05) is 38.8 Å². The Bertz CT molecular complexity index is 1140. The zero-order chi connectivity index (χ0) is 25.5. The highest BCUT2D eigenvalue weighted by molar-refractivity contribution is 7.81. The molecule has 1 unspecified atom stereocenters. The van der Waals surface area contributed by atoms with Gasteiger partial charge in [-0.1, -0.05) is 29.9 Å². The molecule has 192 valence electrons. The Morgan fingerprint density at radius 3 is 3.00 bits per heavy atom. The van der Waals surface area contributed by atoms with Gasteiger partial charge in [-0.05, 0) is 25.1 Å². The van der Waals surface area contributed by atoms with Crippen LogP contribution in [0.3, 0.4) is 0 Å². The number of nitrogens with one attached hydrogen (secondary N) is 3. The number of anilines is 1. The van der Waals surface area contributed by atoms with Crippen LogP contribution in [0.25, 0.3) is 0 Å². The van der Waals surface area contributed by atoms with Gasteiger partial charge in [-0.15, -0.1) is 0 Å². The maximum Gasteiger partial charge on any atom is 0.256 e. The minimum Gasteiger partial charge on any atom is -0.493 e. The van der Waals surface area contributed by atoms with E-state index in [1.165, 1.54) is 7.11 Å². The molecule has 1 saturated heterocycles. The van der Waals surface area contributed by atoms with Crippen molar-refractivity contribution in [3.05, 3.63) is 58.5 Å². The third kappa shape index (κ3) is 6.25. The number of methoxy groups -OCH3 is 1. The van der Waals surface area contributed by atoms with Gasteiger partial charge in [0.25, 0.3) is 5.91 Å². The lowest BCUT2D eigenvalue weighted by atomic mass is 10.1. The van der Waals surface area contributed by atoms with E-state index >= 15 is 0 Å². The summed E-state index contributed by atoms with van der Waals surface area (Å²) < 4.78 is 22.8. The molecule has 0 spiro atoms. The molecule has 2 atom stereocenters. The van der Waals surface area contributed by atoms with Crippen LogP contribution in [0.1, 0.15) is 18.9 Å². The molecular formula is C25H29ClN4O5S. The summed E-state index contributed by atoms with van der Waals surface area (Å²) in [5, 5.41) is 9.79. The molecular weight excluding hydrogens is 504 g/mol. The predicted octanol–water partition coefficient (Wildman–Crippen LogP) is 3.23. The highest BCUT2D eigenvalue weighted by Crippen LogP contribution is 2.33. The van der Waals surface area contributed by atoms with Crippen LogP contribution in [0.4, 0.5) is 5.69 Å². The molecule has 9 nitrogen and oxygen atoms in total. The lowest BCUT2D eigenvalue weighted by Crippen LogP contribution is -2.40. The fourth-order valence-electron chi connectivity index (χ4n) is 3.98. The van der Waals surface area contributed by atoms with Gasteiger partial charge in [-0.25, -0.2) is 0 Å². The van der Waals surface area contributed by atoms with Gasteiger partial charge in [0.15, 0.2) is 5.75 Å². The molecule has 4 rings (SSSR count). The quantitative estimate of drug-likeness (QED) is 0.420. The summed E-state index contributed by atoms with van der Waals surface area (Å²) in [6, 6.07) is 7.16. The van der Waals surface area contributed by atoms with Crippen LogP contribution >= 0.6 is 23.8 Å². The number of aromatic nitrogens is 1. The molecule has 2 aliphatic rings. The van der Waals surface area contributed by atoms with Crippen molar-refractivity contribution in [3.8, 4) is 11.5 Å². The first-order valence-corrected chi connectivity index (χ1v) is 12.4. The SMILES string of the molecule is COc1c(Cl)cccc1NC(=S)C1=C(NCc2ccncc2O[C@H](C)C2COCCO2)CCNC1=O. The fourth-order valence-corrected chi connectivity index (χ4v) is 4.56. The number of benzene rings is 1. The first-order valence-electron chi connectivity index (χ1n) is 11.7. The monoisotopic (exact) mass is 532 g/mol. The zero-order valence-corrected chi connectivity index (χ0v) is 21.7. The summed E-state index contributed by atoms with van der Waals surface area (Å²) in [4.78, 5) is 17.3. The minimum atomic E-state index is -0.253. The number of carbonyl (C=O) groups excluding carboxylic acids is 1. The van der Waals surface area contributed by atoms with Gasteiger partial charge in [0.2, 0.25) is 0 Å². The molecule has 0 aliphatic carbocycles. The summed E-state index contributed by atoms with van der Waals surface area (Å²) in [5.41, 5.74) is 2.57. The first kappa shape index (κ1) is 26.2. The smallest absolute Gasteiger partial charge is 0.256 e. The van der Waals surface area contributed by atoms with Crippen LogP contribution < -0.4 is 25.4 Å². The normalized spacial score (nSPS) is 18.8. The maximum absolute atomic E-state index is 12.8. The molecule has 0 radical (unpaired) electrons. The Kier molecular flexibility index (Phi) is 8.98. The lowest BCUT2D eigenvalue weighted by Gasteiger charge is -2.29. The van der Waals surface area contributed by atoms with Crippen molar-refractivity contribution in [1.29, 1.82) is 0 Å². The summed E-state index contributed by atoms with van der Waals surface area (Å²) in [6.45, 7) is 4.50. The Morgan fingerprint density at radius 1 is 1.36 bits per heavy atom. The largest absolute Gasteiger partial charge is 0.493 e. The van der Waals surface area contributed by atoms with Crippen molar-refractivity contribution in [3.63, 3.8) is 0 Å². The van der Waals surface area contributed by atoms with E-state index in [9.17, 15) is 4.79 Å². The van der Waals surface area contributed by atoms with Gasteiger partial charge in [0.1, 0.15) is 22.9 Å². The van der Waals surface area contributed by atoms with E-state index < -0.39 is 0 Å². The Hall–Kier alpha value is -2.92. The van der Waals surface area contributed by atoms with Crippen LogP contribution in [-0.4, -0.2) is 61.6 Å². The van der Waals surface area contributed by atoms with Crippen LogP contribution in [0.2, 0.25) is 5.02 Å². The molecule has 0 bridgehead atoms. The number of pyridine rings is 1. The zero-order valence-electron chi connectivity index (χ0n) is 20.1. The second kappa shape index (κ2) is 12.4. The molecule has 1 amide bonds. The van der Waals surface area contributed by atoms with E-state index in [0.717, 1.165) is 11.3 Å². The molecule has 1 fully saturated rings. The van der Waals surface area contributed by atoms with Crippen molar-refractivity contribution in [2.24, 2.45) is 0 Å². The number of halogens is 1. The Labute approximate surface area is 220 Å². The fraction of sp³-hybridized carbons (Fsp3) is 0.400. The molecule has 2 aliphatic heterocycles. The van der Waals surface area contributed by atoms with E-state index in [-0.39, 0.29) is 23.1 Å². The standard InChI is InChI=1S/C25H29ClN4O5S/c1-15(21-14-33-10-11-34-21)35-20-13-27-8-6-16(20)12-29-18-7-9-28-24(31)22(18)25(36)30-19-5-3-4-17(26)23(19)32-2/h3-6,8,13,15,21,29H,7,9-12,14H2,1-2H3,(H,28,31)(H,30,36)/t15-,21?/m1/s1. The van der Waals surface area contributed by atoms with Crippen LogP contribution in [-0.2, 0) is 20.8 Å². The number of hydrogen-bond donors (Lipinski definition) is 3. The third-order valence-corrected chi connectivity index (χ3v) is 6.48. The number of nitrogens with zero attached hydrogens (tertiary/aromatic N) is 1. The average molecular weight is 533 g/mol. The Morgan fingerprint density at radius 2 is 2.22 bits per heavy atom. The van der Waals surface area contributed by atoms with Gasteiger partial charge in [-0.2, -0.15) is 0 Å². The van der Waals surface area contributed by atoms with Crippen molar-refractivity contribution in [1.82, 2.24) is 15.6 Å². The summed E-state index contributed by atoms with van der Waals surface area (Å²) in [7, 11) is 1.53. The molecule has 3 N–H and O–H groups in total. The maximum atomic E-state index is 12.8. The van der Waals surface area contributed by atoms with Gasteiger partial charge in [0, 0.05) is 37.0 Å². The van der Waals surface area contributed by atoms with Gasteiger partial charge in [0.05, 0.1) is 49.4 Å². The van der Waals surface area contributed by atoms with Crippen molar-refractivity contribution >= 4 is 40.4 Å². The van der Waals surface area contributed by atoms with Crippen LogP contribution in [0, 0.1) is 0 Å². The highest BCUT2D eigenvalue weighted by atomic mass is 35.5. The van der Waals surface area contributed by atoms with E-state index in [2.05, 4.69) is 20.9 Å². The number of ether oxygens (including phenoxy) is 4. The Balaban J connectivity index is 1.50. The summed E-state index contributed by atoms with van der Waals surface area (Å²) >= 11 is 11.8. The molecule has 1 aromatic heterocycles. The van der Waals surface area contributed by atoms with Crippen LogP contribution in [0.15, 0.2) is 47.9 Å². The van der Waals surface area contributed by atoms with E-state index in [0.29, 0.717) is 67.1 Å². The van der Waals surface area contributed by atoms with Crippen LogP contribution in [0.5, 0.6) is 11.5 Å². The van der Waals surface area contributed by atoms with Gasteiger partial charge >= 0.3 is 0 Å². The highest BCUT2D eigenvalue weighted by Gasteiger charge is 2.26. The number of amides is 1. The van der Waals surface area contributed by atoms with Crippen molar-refractivity contribution in [2.45, 2.75) is 32.1 Å². The summed E-state index contributed by atoms with van der Waals surface area (Å²) in [5.74, 6) is 0.836. The second-order valence-corrected chi connectivity index (χ2v) is 9.09. The van der Waals surface area contributed by atoms with Gasteiger partial charge in [-0.3, -0.25) is 9.78 Å². The predicted molar refractivity (Wildman–Crippen MR) is 141 cm³/mol. The minimum absolute atomic E-state index is 0.150. The second-order valence-electron chi connectivity index (χ2n) is 8.28. The number of para-hydroxylation sites is 1.